The van der Waals surface area contributed by atoms with Gasteiger partial charge in [-0.05, 0) is 6.42 Å². The van der Waals surface area contributed by atoms with E-state index < -0.39 is 0 Å². The molecule has 3 N–H and O–H groups in total. The molecule has 14 heavy (non-hydrogen) atoms. The van der Waals surface area contributed by atoms with E-state index in [0.29, 0.717) is 17.9 Å². The van der Waals surface area contributed by atoms with E-state index in [1.807, 2.05) is 6.92 Å². The summed E-state index contributed by atoms with van der Waals surface area (Å²) in [4.78, 5) is 18.9. The average molecular weight is 194 g/mol. The van der Waals surface area contributed by atoms with E-state index in [1.54, 1.807) is 0 Å². The number of carbonyl (C=O) groups excluding carboxylic acids is 1. The molecular formula is C9H14N4O. The molecular weight excluding hydrogens is 180 g/mol. The quantitative estimate of drug-likeness (QED) is 0.754. The van der Waals surface area contributed by atoms with Crippen molar-refractivity contribution < 1.29 is 4.79 Å². The first kappa shape index (κ1) is 10.4. The Labute approximate surface area is 82.7 Å². The van der Waals surface area contributed by atoms with Gasteiger partial charge in [-0.2, -0.15) is 0 Å². The molecule has 0 spiro atoms. The van der Waals surface area contributed by atoms with Crippen molar-refractivity contribution in [1.29, 1.82) is 0 Å². The molecule has 0 atom stereocenters. The van der Waals surface area contributed by atoms with Crippen LogP contribution in [0, 0.1) is 0 Å². The first-order chi connectivity index (χ1) is 6.74. The Morgan fingerprint density at radius 3 is 3.07 bits per heavy atom. The number of unbranched alkanes of at least 4 members (excludes halogenated alkanes) is 1. The van der Waals surface area contributed by atoms with Crippen LogP contribution in [0.1, 0.15) is 26.2 Å². The lowest BCUT2D eigenvalue weighted by atomic mass is 10.2. The Balaban J connectivity index is 2.52. The minimum atomic E-state index is -0.0581. The normalized spacial score (nSPS) is 9.79. The van der Waals surface area contributed by atoms with Crippen molar-refractivity contribution in [3.05, 3.63) is 12.5 Å². The van der Waals surface area contributed by atoms with Crippen LogP contribution in [0.15, 0.2) is 12.5 Å². The number of aromatic nitrogens is 2. The van der Waals surface area contributed by atoms with Gasteiger partial charge in [0.2, 0.25) is 5.91 Å². The summed E-state index contributed by atoms with van der Waals surface area (Å²) in [5, 5.41) is 2.63. The van der Waals surface area contributed by atoms with Crippen LogP contribution < -0.4 is 11.1 Å². The zero-order valence-electron chi connectivity index (χ0n) is 8.16. The molecule has 0 bridgehead atoms. The average Bonchev–Trinajstić information content (AvgIpc) is 2.18. The van der Waals surface area contributed by atoms with Crippen LogP contribution in [0.2, 0.25) is 0 Å². The number of hydrogen-bond acceptors (Lipinski definition) is 4. The lowest BCUT2D eigenvalue weighted by molar-refractivity contribution is -0.116. The Kier molecular flexibility index (Phi) is 3.84. The number of nitrogens with zero attached hydrogens (tertiary/aromatic N) is 2. The summed E-state index contributed by atoms with van der Waals surface area (Å²) in [7, 11) is 0. The zero-order chi connectivity index (χ0) is 10.4. The zero-order valence-corrected chi connectivity index (χ0v) is 8.16. The monoisotopic (exact) mass is 194 g/mol. The number of rotatable bonds is 4. The molecule has 0 aromatic carbocycles. The predicted octanol–water partition coefficient (Wildman–Crippen LogP) is 1.19. The van der Waals surface area contributed by atoms with Crippen molar-refractivity contribution >= 4 is 17.4 Å². The fourth-order valence-electron chi connectivity index (χ4n) is 0.977. The summed E-state index contributed by atoms with van der Waals surface area (Å²) in [5.41, 5.74) is 5.94. The van der Waals surface area contributed by atoms with Crippen molar-refractivity contribution in [1.82, 2.24) is 9.97 Å². The second-order valence-electron chi connectivity index (χ2n) is 2.98. The first-order valence-corrected chi connectivity index (χ1v) is 4.59. The highest BCUT2D eigenvalue weighted by Gasteiger charge is 2.04. The summed E-state index contributed by atoms with van der Waals surface area (Å²) >= 11 is 0. The van der Waals surface area contributed by atoms with Crippen LogP contribution in [0.3, 0.4) is 0 Å². The third-order valence-corrected chi connectivity index (χ3v) is 1.76. The standard InChI is InChI=1S/C9H14N4O/c1-2-3-4-8(14)13-9-7(10)5-11-6-12-9/h5-6H,2-4,10H2,1H3,(H,11,12,13,14). The van der Waals surface area contributed by atoms with Crippen molar-refractivity contribution in [3.63, 3.8) is 0 Å². The van der Waals surface area contributed by atoms with E-state index in [9.17, 15) is 4.79 Å². The van der Waals surface area contributed by atoms with Gasteiger partial charge in [-0.1, -0.05) is 13.3 Å². The van der Waals surface area contributed by atoms with Crippen LogP contribution in [-0.4, -0.2) is 15.9 Å². The smallest absolute Gasteiger partial charge is 0.225 e. The van der Waals surface area contributed by atoms with E-state index in [1.165, 1.54) is 12.5 Å². The number of nitrogens with two attached hydrogens (primary N) is 1. The molecule has 0 unspecified atom stereocenters. The van der Waals surface area contributed by atoms with Gasteiger partial charge >= 0.3 is 0 Å². The van der Waals surface area contributed by atoms with E-state index in [2.05, 4.69) is 15.3 Å². The minimum Gasteiger partial charge on any atom is -0.394 e. The van der Waals surface area contributed by atoms with E-state index >= 15 is 0 Å². The van der Waals surface area contributed by atoms with E-state index in [4.69, 9.17) is 5.73 Å². The molecule has 5 nitrogen and oxygen atoms in total. The Hall–Kier alpha value is -1.65. The summed E-state index contributed by atoms with van der Waals surface area (Å²) in [6.45, 7) is 2.03. The molecule has 1 rings (SSSR count). The van der Waals surface area contributed by atoms with Crippen LogP contribution in [0.5, 0.6) is 0 Å². The fourth-order valence-corrected chi connectivity index (χ4v) is 0.977. The van der Waals surface area contributed by atoms with Gasteiger partial charge in [0.05, 0.1) is 11.9 Å². The number of anilines is 2. The second-order valence-corrected chi connectivity index (χ2v) is 2.98. The molecule has 1 aromatic heterocycles. The van der Waals surface area contributed by atoms with Crippen LogP contribution in [-0.2, 0) is 4.79 Å². The molecule has 1 amide bonds. The Morgan fingerprint density at radius 1 is 1.64 bits per heavy atom. The fraction of sp³-hybridized carbons (Fsp3) is 0.444. The maximum Gasteiger partial charge on any atom is 0.225 e. The molecule has 0 aliphatic heterocycles. The minimum absolute atomic E-state index is 0.0581. The Morgan fingerprint density at radius 2 is 2.43 bits per heavy atom. The van der Waals surface area contributed by atoms with Gasteiger partial charge < -0.3 is 11.1 Å². The summed E-state index contributed by atoms with van der Waals surface area (Å²) in [6.07, 6.45) is 5.18. The summed E-state index contributed by atoms with van der Waals surface area (Å²) < 4.78 is 0. The van der Waals surface area contributed by atoms with Crippen molar-refractivity contribution in [2.24, 2.45) is 0 Å². The summed E-state index contributed by atoms with van der Waals surface area (Å²) in [6, 6.07) is 0. The topological polar surface area (TPSA) is 80.9 Å². The molecule has 0 aliphatic rings. The van der Waals surface area contributed by atoms with Gasteiger partial charge in [-0.15, -0.1) is 0 Å². The highest BCUT2D eigenvalue weighted by molar-refractivity contribution is 5.92. The van der Waals surface area contributed by atoms with Crippen LogP contribution in [0.4, 0.5) is 11.5 Å². The number of hydrogen-bond donors (Lipinski definition) is 2. The SMILES string of the molecule is CCCCC(=O)Nc1ncncc1N. The number of amides is 1. The maximum atomic E-state index is 11.3. The largest absolute Gasteiger partial charge is 0.394 e. The first-order valence-electron chi connectivity index (χ1n) is 4.59. The van der Waals surface area contributed by atoms with Gasteiger partial charge in [-0.3, -0.25) is 4.79 Å². The molecule has 0 saturated carbocycles. The molecule has 0 aliphatic carbocycles. The summed E-state index contributed by atoms with van der Waals surface area (Å²) in [5.74, 6) is 0.332. The van der Waals surface area contributed by atoms with Crippen molar-refractivity contribution in [2.45, 2.75) is 26.2 Å². The predicted molar refractivity (Wildman–Crippen MR) is 54.6 cm³/mol. The Bertz CT molecular complexity index is 313. The molecule has 0 fully saturated rings. The second kappa shape index (κ2) is 5.16. The lowest BCUT2D eigenvalue weighted by Crippen LogP contribution is -2.13. The molecule has 1 aromatic rings. The van der Waals surface area contributed by atoms with Crippen LogP contribution >= 0.6 is 0 Å². The highest BCUT2D eigenvalue weighted by atomic mass is 16.1. The molecule has 0 radical (unpaired) electrons. The molecule has 1 heterocycles. The molecule has 0 saturated heterocycles. The van der Waals surface area contributed by atoms with E-state index in [0.717, 1.165) is 12.8 Å². The van der Waals surface area contributed by atoms with Gasteiger partial charge in [-0.25, -0.2) is 9.97 Å². The third kappa shape index (κ3) is 3.01. The van der Waals surface area contributed by atoms with Crippen LogP contribution in [0.25, 0.3) is 0 Å². The van der Waals surface area contributed by atoms with Gasteiger partial charge in [0.1, 0.15) is 6.33 Å². The maximum absolute atomic E-state index is 11.3. The van der Waals surface area contributed by atoms with Crippen molar-refractivity contribution in [3.8, 4) is 0 Å². The molecule has 5 heteroatoms. The van der Waals surface area contributed by atoms with Gasteiger partial charge in [0.25, 0.3) is 0 Å². The van der Waals surface area contributed by atoms with Gasteiger partial charge in [0.15, 0.2) is 5.82 Å². The number of carbonyl (C=O) groups is 1. The molecule has 76 valence electrons. The highest BCUT2D eigenvalue weighted by Crippen LogP contribution is 2.11. The van der Waals surface area contributed by atoms with E-state index in [-0.39, 0.29) is 5.91 Å². The van der Waals surface area contributed by atoms with Gasteiger partial charge in [0, 0.05) is 6.42 Å². The number of nitrogen functional groups attached to an aromatic ring is 1. The van der Waals surface area contributed by atoms with Crippen molar-refractivity contribution in [2.75, 3.05) is 11.1 Å². The number of nitrogens with one attached hydrogen (secondary N) is 1. The lowest BCUT2D eigenvalue weighted by Gasteiger charge is -2.05. The third-order valence-electron chi connectivity index (χ3n) is 1.76.